The lowest BCUT2D eigenvalue weighted by atomic mass is 10.0. The van der Waals surface area contributed by atoms with E-state index >= 15 is 0 Å². The van der Waals surface area contributed by atoms with Gasteiger partial charge in [-0.05, 0) is 25.5 Å². The van der Waals surface area contributed by atoms with E-state index < -0.39 is 0 Å². The Hall–Kier alpha value is -2.10. The van der Waals surface area contributed by atoms with Crippen molar-refractivity contribution in [1.29, 1.82) is 0 Å². The van der Waals surface area contributed by atoms with Gasteiger partial charge < -0.3 is 4.74 Å². The van der Waals surface area contributed by atoms with Gasteiger partial charge in [-0.3, -0.25) is 9.48 Å². The fourth-order valence-corrected chi connectivity index (χ4v) is 2.43. The molecule has 0 aliphatic heterocycles. The molecule has 112 valence electrons. The van der Waals surface area contributed by atoms with Gasteiger partial charge in [0.1, 0.15) is 11.5 Å². The third kappa shape index (κ3) is 3.72. The van der Waals surface area contributed by atoms with Crippen molar-refractivity contribution in [3.8, 4) is 5.75 Å². The van der Waals surface area contributed by atoms with Gasteiger partial charge in [0.05, 0.1) is 12.8 Å². The predicted octanol–water partition coefficient (Wildman–Crippen LogP) is 2.83. The Labute approximate surface area is 125 Å². The standard InChI is InChI=1S/C17H22N2O2/c1-4-14-11-15(19(5-2)18-14)12-16(20)10-13-8-6-7-9-17(13)21-3/h6-9,11H,4-5,10,12H2,1-3H3. The summed E-state index contributed by atoms with van der Waals surface area (Å²) in [5.41, 5.74) is 2.97. The average Bonchev–Trinajstić information content (AvgIpc) is 2.89. The van der Waals surface area contributed by atoms with Gasteiger partial charge in [0, 0.05) is 30.6 Å². The number of Topliss-reactive ketones (excluding diaryl/α,β-unsaturated/α-hetero) is 1. The first-order chi connectivity index (χ1) is 10.2. The molecule has 4 nitrogen and oxygen atoms in total. The van der Waals surface area contributed by atoms with E-state index in [9.17, 15) is 4.79 Å². The van der Waals surface area contributed by atoms with Crippen molar-refractivity contribution >= 4 is 5.78 Å². The molecule has 0 aliphatic rings. The molecule has 0 N–H and O–H groups in total. The molecule has 2 aromatic rings. The number of hydrogen-bond acceptors (Lipinski definition) is 3. The molecule has 0 unspecified atom stereocenters. The van der Waals surface area contributed by atoms with Gasteiger partial charge in [0.2, 0.25) is 0 Å². The van der Waals surface area contributed by atoms with E-state index in [1.807, 2.05) is 41.9 Å². The summed E-state index contributed by atoms with van der Waals surface area (Å²) >= 11 is 0. The van der Waals surface area contributed by atoms with Crippen LogP contribution >= 0.6 is 0 Å². The van der Waals surface area contributed by atoms with Crippen LogP contribution in [0.1, 0.15) is 30.8 Å². The maximum absolute atomic E-state index is 12.3. The van der Waals surface area contributed by atoms with E-state index in [0.29, 0.717) is 12.8 Å². The summed E-state index contributed by atoms with van der Waals surface area (Å²) in [6, 6.07) is 9.69. The molecule has 0 fully saturated rings. The van der Waals surface area contributed by atoms with E-state index in [0.717, 1.165) is 35.7 Å². The fourth-order valence-electron chi connectivity index (χ4n) is 2.43. The van der Waals surface area contributed by atoms with E-state index in [1.165, 1.54) is 0 Å². The van der Waals surface area contributed by atoms with Gasteiger partial charge in [-0.2, -0.15) is 5.10 Å². The third-order valence-electron chi connectivity index (χ3n) is 3.53. The molecule has 1 aromatic heterocycles. The van der Waals surface area contributed by atoms with E-state index in [1.54, 1.807) is 7.11 Å². The van der Waals surface area contributed by atoms with E-state index in [2.05, 4.69) is 12.0 Å². The summed E-state index contributed by atoms with van der Waals surface area (Å²) in [6.45, 7) is 4.90. The lowest BCUT2D eigenvalue weighted by Gasteiger charge is -2.08. The van der Waals surface area contributed by atoms with Crippen molar-refractivity contribution in [2.75, 3.05) is 7.11 Å². The number of benzene rings is 1. The number of methoxy groups -OCH3 is 1. The highest BCUT2D eigenvalue weighted by molar-refractivity contribution is 5.83. The summed E-state index contributed by atoms with van der Waals surface area (Å²) in [4.78, 5) is 12.3. The van der Waals surface area contributed by atoms with Crippen LogP contribution in [0.4, 0.5) is 0 Å². The SMILES string of the molecule is CCc1cc(CC(=O)Cc2ccccc2OC)n(CC)n1. The Morgan fingerprint density at radius 1 is 1.24 bits per heavy atom. The molecule has 0 radical (unpaired) electrons. The minimum Gasteiger partial charge on any atom is -0.496 e. The van der Waals surface area contributed by atoms with Gasteiger partial charge >= 0.3 is 0 Å². The van der Waals surface area contributed by atoms with Crippen LogP contribution in [0.25, 0.3) is 0 Å². The highest BCUT2D eigenvalue weighted by atomic mass is 16.5. The van der Waals surface area contributed by atoms with Crippen LogP contribution in [0.15, 0.2) is 30.3 Å². The van der Waals surface area contributed by atoms with Crippen molar-refractivity contribution < 1.29 is 9.53 Å². The van der Waals surface area contributed by atoms with Crippen LogP contribution in [-0.2, 0) is 30.6 Å². The Bertz CT molecular complexity index is 617. The van der Waals surface area contributed by atoms with Crippen molar-refractivity contribution in [3.05, 3.63) is 47.3 Å². The number of hydrogen-bond donors (Lipinski definition) is 0. The highest BCUT2D eigenvalue weighted by Crippen LogP contribution is 2.19. The number of ether oxygens (including phenoxy) is 1. The number of rotatable bonds is 7. The lowest BCUT2D eigenvalue weighted by Crippen LogP contribution is -2.12. The smallest absolute Gasteiger partial charge is 0.143 e. The number of carbonyl (C=O) groups is 1. The Balaban J connectivity index is 2.09. The zero-order valence-corrected chi connectivity index (χ0v) is 12.9. The summed E-state index contributed by atoms with van der Waals surface area (Å²) in [7, 11) is 1.63. The molecule has 0 bridgehead atoms. The number of aryl methyl sites for hydroxylation is 2. The summed E-state index contributed by atoms with van der Waals surface area (Å²) < 4.78 is 7.21. The second kappa shape index (κ2) is 7.07. The van der Waals surface area contributed by atoms with Crippen LogP contribution in [0.2, 0.25) is 0 Å². The van der Waals surface area contributed by atoms with Crippen molar-refractivity contribution in [1.82, 2.24) is 9.78 Å². The van der Waals surface area contributed by atoms with Crippen molar-refractivity contribution in [2.45, 2.75) is 39.7 Å². The molecule has 0 saturated heterocycles. The first-order valence-electron chi connectivity index (χ1n) is 7.37. The summed E-state index contributed by atoms with van der Waals surface area (Å²) in [6.07, 6.45) is 1.69. The maximum Gasteiger partial charge on any atom is 0.143 e. The Kier molecular flexibility index (Phi) is 5.14. The molecule has 0 saturated carbocycles. The van der Waals surface area contributed by atoms with Crippen LogP contribution in [0.5, 0.6) is 5.75 Å². The third-order valence-corrected chi connectivity index (χ3v) is 3.53. The summed E-state index contributed by atoms with van der Waals surface area (Å²) in [5, 5.41) is 4.48. The molecule has 2 rings (SSSR count). The number of nitrogens with zero attached hydrogens (tertiary/aromatic N) is 2. The number of ketones is 1. The van der Waals surface area contributed by atoms with Gasteiger partial charge in [0.25, 0.3) is 0 Å². The minimum atomic E-state index is 0.178. The quantitative estimate of drug-likeness (QED) is 0.786. The van der Waals surface area contributed by atoms with Crippen LogP contribution in [0.3, 0.4) is 0 Å². The monoisotopic (exact) mass is 286 g/mol. The second-order valence-corrected chi connectivity index (χ2v) is 5.00. The fraction of sp³-hybridized carbons (Fsp3) is 0.412. The highest BCUT2D eigenvalue weighted by Gasteiger charge is 2.13. The Morgan fingerprint density at radius 3 is 2.67 bits per heavy atom. The summed E-state index contributed by atoms with van der Waals surface area (Å²) in [5.74, 6) is 0.945. The maximum atomic E-state index is 12.3. The molecule has 0 aliphatic carbocycles. The van der Waals surface area contributed by atoms with Gasteiger partial charge in [0.15, 0.2) is 0 Å². The predicted molar refractivity (Wildman–Crippen MR) is 82.7 cm³/mol. The normalized spacial score (nSPS) is 10.6. The lowest BCUT2D eigenvalue weighted by molar-refractivity contribution is -0.117. The van der Waals surface area contributed by atoms with E-state index in [-0.39, 0.29) is 5.78 Å². The van der Waals surface area contributed by atoms with Gasteiger partial charge in [-0.1, -0.05) is 25.1 Å². The Morgan fingerprint density at radius 2 is 2.00 bits per heavy atom. The van der Waals surface area contributed by atoms with Gasteiger partial charge in [-0.25, -0.2) is 0 Å². The van der Waals surface area contributed by atoms with Crippen LogP contribution < -0.4 is 4.74 Å². The molecular formula is C17H22N2O2. The number of aromatic nitrogens is 2. The first kappa shape index (κ1) is 15.3. The zero-order chi connectivity index (χ0) is 15.2. The first-order valence-corrected chi connectivity index (χ1v) is 7.37. The second-order valence-electron chi connectivity index (χ2n) is 5.00. The molecule has 0 atom stereocenters. The number of carbonyl (C=O) groups excluding carboxylic acids is 1. The van der Waals surface area contributed by atoms with Crippen molar-refractivity contribution in [2.24, 2.45) is 0 Å². The molecule has 1 aromatic carbocycles. The van der Waals surface area contributed by atoms with Crippen LogP contribution in [-0.4, -0.2) is 22.7 Å². The average molecular weight is 286 g/mol. The minimum absolute atomic E-state index is 0.178. The van der Waals surface area contributed by atoms with Gasteiger partial charge in [-0.15, -0.1) is 0 Å². The zero-order valence-electron chi connectivity index (χ0n) is 12.9. The molecule has 0 amide bonds. The molecule has 4 heteroatoms. The molecule has 0 spiro atoms. The molecule has 21 heavy (non-hydrogen) atoms. The molecular weight excluding hydrogens is 264 g/mol. The van der Waals surface area contributed by atoms with Crippen LogP contribution in [0, 0.1) is 0 Å². The van der Waals surface area contributed by atoms with E-state index in [4.69, 9.17) is 4.74 Å². The van der Waals surface area contributed by atoms with Crippen molar-refractivity contribution in [3.63, 3.8) is 0 Å². The topological polar surface area (TPSA) is 44.1 Å². The number of para-hydroxylation sites is 1. The molecule has 1 heterocycles. The largest absolute Gasteiger partial charge is 0.496 e.